The molecule has 1 atom stereocenters. The van der Waals surface area contributed by atoms with Gasteiger partial charge in [-0.1, -0.05) is 11.6 Å². The van der Waals surface area contributed by atoms with E-state index in [1.165, 1.54) is 11.3 Å². The van der Waals surface area contributed by atoms with E-state index in [1.54, 1.807) is 42.8 Å². The van der Waals surface area contributed by atoms with Crippen LogP contribution in [0.4, 0.5) is 0 Å². The van der Waals surface area contributed by atoms with Gasteiger partial charge in [-0.3, -0.25) is 9.59 Å². The van der Waals surface area contributed by atoms with E-state index < -0.39 is 11.9 Å². The van der Waals surface area contributed by atoms with Gasteiger partial charge < -0.3 is 9.88 Å². The summed E-state index contributed by atoms with van der Waals surface area (Å²) in [5.74, 6) is -0.728. The fourth-order valence-corrected chi connectivity index (χ4v) is 2.43. The van der Waals surface area contributed by atoms with E-state index in [0.717, 1.165) is 0 Å². The molecule has 1 aromatic carbocycles. The molecular weight excluding hydrogens is 310 g/mol. The van der Waals surface area contributed by atoms with Crippen LogP contribution in [-0.2, 0) is 11.8 Å². The van der Waals surface area contributed by atoms with Gasteiger partial charge >= 0.3 is 0 Å². The second-order valence-electron chi connectivity index (χ2n) is 4.45. The zero-order chi connectivity index (χ0) is 15.4. The lowest BCUT2D eigenvalue weighted by Crippen LogP contribution is -2.38. The summed E-state index contributed by atoms with van der Waals surface area (Å²) in [7, 11) is 1.81. The minimum Gasteiger partial charge on any atom is -0.340 e. The normalized spacial score (nSPS) is 13.0. The minimum atomic E-state index is -0.699. The molecule has 0 aliphatic rings. The Morgan fingerprint density at radius 3 is 2.57 bits per heavy atom. The Kier molecular flexibility index (Phi) is 4.93. The Labute approximate surface area is 130 Å². The number of rotatable bonds is 3. The Bertz CT molecular complexity index is 718. The Hall–Kier alpha value is -1.92. The van der Waals surface area contributed by atoms with Crippen molar-refractivity contribution < 1.29 is 9.59 Å². The lowest BCUT2D eigenvalue weighted by atomic mass is 10.2. The number of thiazole rings is 1. The molecule has 0 aliphatic carbocycles. The standard InChI is InChI=1S/C14H14ClN3O2S/c1-9(12(19)17-14-18(2)7-8-21-14)16-13(20)10-3-5-11(15)6-4-10/h3-9H,1-2H3,(H,16,20). The van der Waals surface area contributed by atoms with Gasteiger partial charge in [0.15, 0.2) is 4.80 Å². The van der Waals surface area contributed by atoms with Gasteiger partial charge in [0, 0.05) is 29.2 Å². The molecule has 5 nitrogen and oxygen atoms in total. The van der Waals surface area contributed by atoms with Crippen LogP contribution in [0.25, 0.3) is 0 Å². The van der Waals surface area contributed by atoms with E-state index in [9.17, 15) is 9.59 Å². The quantitative estimate of drug-likeness (QED) is 0.938. The molecular formula is C14H14ClN3O2S. The van der Waals surface area contributed by atoms with Crippen LogP contribution in [0.2, 0.25) is 5.02 Å². The highest BCUT2D eigenvalue weighted by molar-refractivity contribution is 7.07. The van der Waals surface area contributed by atoms with Crippen molar-refractivity contribution in [3.05, 3.63) is 51.2 Å². The van der Waals surface area contributed by atoms with Crippen LogP contribution in [0.3, 0.4) is 0 Å². The first-order valence-electron chi connectivity index (χ1n) is 6.22. The van der Waals surface area contributed by atoms with E-state index >= 15 is 0 Å². The summed E-state index contributed by atoms with van der Waals surface area (Å²) in [5.41, 5.74) is 0.445. The Balaban J connectivity index is 2.06. The van der Waals surface area contributed by atoms with Gasteiger partial charge in [-0.05, 0) is 31.2 Å². The van der Waals surface area contributed by atoms with Crippen LogP contribution in [0.15, 0.2) is 40.8 Å². The molecule has 0 bridgehead atoms. The van der Waals surface area contributed by atoms with Crippen LogP contribution >= 0.6 is 22.9 Å². The molecule has 2 aromatic rings. The van der Waals surface area contributed by atoms with Crippen LogP contribution in [0.5, 0.6) is 0 Å². The molecule has 1 unspecified atom stereocenters. The highest BCUT2D eigenvalue weighted by Crippen LogP contribution is 2.09. The molecule has 0 radical (unpaired) electrons. The third kappa shape index (κ3) is 4.03. The second-order valence-corrected chi connectivity index (χ2v) is 5.76. The maximum atomic E-state index is 12.0. The predicted octanol–water partition coefficient (Wildman–Crippen LogP) is 1.99. The fraction of sp³-hybridized carbons (Fsp3) is 0.214. The molecule has 2 rings (SSSR count). The van der Waals surface area contributed by atoms with Gasteiger partial charge in [0.1, 0.15) is 6.04 Å². The van der Waals surface area contributed by atoms with Crippen molar-refractivity contribution in [3.8, 4) is 0 Å². The van der Waals surface area contributed by atoms with Crippen LogP contribution in [-0.4, -0.2) is 22.4 Å². The SMILES string of the molecule is CC(NC(=O)c1ccc(Cl)cc1)C(=O)N=c1sccn1C. The molecule has 0 saturated carbocycles. The predicted molar refractivity (Wildman–Crippen MR) is 82.2 cm³/mol. The van der Waals surface area contributed by atoms with Crippen molar-refractivity contribution in [2.24, 2.45) is 12.0 Å². The topological polar surface area (TPSA) is 63.5 Å². The molecule has 1 aromatic heterocycles. The van der Waals surface area contributed by atoms with Crippen LogP contribution in [0.1, 0.15) is 17.3 Å². The monoisotopic (exact) mass is 323 g/mol. The van der Waals surface area contributed by atoms with Crippen molar-refractivity contribution in [1.29, 1.82) is 0 Å². The van der Waals surface area contributed by atoms with Gasteiger partial charge in [0.05, 0.1) is 0 Å². The van der Waals surface area contributed by atoms with Crippen molar-refractivity contribution in [3.63, 3.8) is 0 Å². The number of hydrogen-bond donors (Lipinski definition) is 1. The average Bonchev–Trinajstić information content (AvgIpc) is 2.84. The van der Waals surface area contributed by atoms with Crippen molar-refractivity contribution >= 4 is 34.8 Å². The third-order valence-corrected chi connectivity index (χ3v) is 3.89. The van der Waals surface area contributed by atoms with Gasteiger partial charge in [-0.15, -0.1) is 11.3 Å². The number of benzene rings is 1. The first-order chi connectivity index (χ1) is 9.97. The van der Waals surface area contributed by atoms with Crippen LogP contribution < -0.4 is 10.1 Å². The largest absolute Gasteiger partial charge is 0.340 e. The number of nitrogens with zero attached hydrogens (tertiary/aromatic N) is 2. The van der Waals surface area contributed by atoms with Gasteiger partial charge in [0.2, 0.25) is 0 Å². The molecule has 0 saturated heterocycles. The number of nitrogens with one attached hydrogen (secondary N) is 1. The number of halogens is 1. The van der Waals surface area contributed by atoms with Crippen molar-refractivity contribution in [2.45, 2.75) is 13.0 Å². The number of aryl methyl sites for hydroxylation is 1. The van der Waals surface area contributed by atoms with E-state index in [2.05, 4.69) is 10.3 Å². The molecule has 110 valence electrons. The zero-order valence-electron chi connectivity index (χ0n) is 11.5. The number of hydrogen-bond acceptors (Lipinski definition) is 3. The van der Waals surface area contributed by atoms with Crippen LogP contribution in [0, 0.1) is 0 Å². The second kappa shape index (κ2) is 6.69. The van der Waals surface area contributed by atoms with E-state index in [1.807, 2.05) is 11.6 Å². The molecule has 1 heterocycles. The lowest BCUT2D eigenvalue weighted by Gasteiger charge is -2.10. The molecule has 0 aliphatic heterocycles. The van der Waals surface area contributed by atoms with Crippen molar-refractivity contribution in [2.75, 3.05) is 0 Å². The number of amides is 2. The first-order valence-corrected chi connectivity index (χ1v) is 7.48. The first kappa shape index (κ1) is 15.5. The summed E-state index contributed by atoms with van der Waals surface area (Å²) in [6.07, 6.45) is 1.81. The van der Waals surface area contributed by atoms with E-state index in [4.69, 9.17) is 11.6 Å². The molecule has 0 fully saturated rings. The number of aromatic nitrogens is 1. The summed E-state index contributed by atoms with van der Waals surface area (Å²) >= 11 is 7.13. The summed E-state index contributed by atoms with van der Waals surface area (Å²) < 4.78 is 1.75. The van der Waals surface area contributed by atoms with Gasteiger partial charge in [0.25, 0.3) is 11.8 Å². The third-order valence-electron chi connectivity index (χ3n) is 2.79. The van der Waals surface area contributed by atoms with Gasteiger partial charge in [-0.25, -0.2) is 0 Å². The summed E-state index contributed by atoms with van der Waals surface area (Å²) in [6, 6.07) is 5.75. The lowest BCUT2D eigenvalue weighted by molar-refractivity contribution is -0.119. The molecule has 2 amide bonds. The minimum absolute atomic E-state index is 0.335. The number of carbonyl (C=O) groups is 2. The molecule has 0 spiro atoms. The smallest absolute Gasteiger partial charge is 0.270 e. The molecule has 7 heteroatoms. The van der Waals surface area contributed by atoms with Gasteiger partial charge in [-0.2, -0.15) is 4.99 Å². The summed E-state index contributed by atoms with van der Waals surface area (Å²) in [6.45, 7) is 1.60. The highest BCUT2D eigenvalue weighted by Gasteiger charge is 2.16. The maximum absolute atomic E-state index is 12.0. The van der Waals surface area contributed by atoms with E-state index in [-0.39, 0.29) is 5.91 Å². The Morgan fingerprint density at radius 1 is 1.33 bits per heavy atom. The highest BCUT2D eigenvalue weighted by atomic mass is 35.5. The van der Waals surface area contributed by atoms with Crippen molar-refractivity contribution in [1.82, 2.24) is 9.88 Å². The molecule has 1 N–H and O–H groups in total. The fourth-order valence-electron chi connectivity index (χ4n) is 1.57. The zero-order valence-corrected chi connectivity index (χ0v) is 13.1. The maximum Gasteiger partial charge on any atom is 0.270 e. The number of carbonyl (C=O) groups excluding carboxylic acids is 2. The average molecular weight is 324 g/mol. The summed E-state index contributed by atoms with van der Waals surface area (Å²) in [5, 5.41) is 5.01. The van der Waals surface area contributed by atoms with E-state index in [0.29, 0.717) is 15.4 Å². The summed E-state index contributed by atoms with van der Waals surface area (Å²) in [4.78, 5) is 28.5. The Morgan fingerprint density at radius 2 is 2.00 bits per heavy atom. The molecule has 21 heavy (non-hydrogen) atoms.